The van der Waals surface area contributed by atoms with E-state index in [0.717, 1.165) is 6.42 Å². The molecule has 0 radical (unpaired) electrons. The molecule has 0 spiro atoms. The number of nitrogens with one attached hydrogen (secondary N) is 3. The molecule has 1 saturated heterocycles. The summed E-state index contributed by atoms with van der Waals surface area (Å²) in [5.41, 5.74) is 8.10. The predicted octanol–water partition coefficient (Wildman–Crippen LogP) is 1.68. The van der Waals surface area contributed by atoms with Gasteiger partial charge in [-0.3, -0.25) is 24.4 Å². The minimum absolute atomic E-state index is 0.114. The number of hydrogen-bond acceptors (Lipinski definition) is 6. The number of carbonyl (C=O) groups is 1. The monoisotopic (exact) mass is 477 g/mol. The second kappa shape index (κ2) is 10.6. The van der Waals surface area contributed by atoms with E-state index in [9.17, 15) is 9.59 Å². The predicted molar refractivity (Wildman–Crippen MR) is 135 cm³/mol. The SMILES string of the molecule is Cc1ccc(CCNc2ncc(C)n(CC(=O)NC3CCN(C(=N)N)OC3)c2=O)c2ccccc12. The highest BCUT2D eigenvalue weighted by atomic mass is 16.7. The topological polar surface area (TPSA) is 138 Å². The van der Waals surface area contributed by atoms with Crippen molar-refractivity contribution in [3.05, 3.63) is 69.8 Å². The summed E-state index contributed by atoms with van der Waals surface area (Å²) in [6, 6.07) is 12.3. The van der Waals surface area contributed by atoms with Crippen LogP contribution < -0.4 is 21.9 Å². The molecule has 3 aromatic rings. The van der Waals surface area contributed by atoms with E-state index in [1.54, 1.807) is 13.1 Å². The Bertz CT molecular complexity index is 1300. The van der Waals surface area contributed by atoms with Crippen LogP contribution in [0.2, 0.25) is 0 Å². The van der Waals surface area contributed by atoms with Crippen molar-refractivity contribution in [2.75, 3.05) is 25.0 Å². The molecule has 10 nitrogen and oxygen atoms in total. The molecule has 4 rings (SSSR count). The molecule has 1 atom stereocenters. The zero-order chi connectivity index (χ0) is 24.9. The number of amides is 1. The van der Waals surface area contributed by atoms with E-state index in [2.05, 4.69) is 46.8 Å². The summed E-state index contributed by atoms with van der Waals surface area (Å²) < 4.78 is 1.41. The van der Waals surface area contributed by atoms with Gasteiger partial charge >= 0.3 is 0 Å². The summed E-state index contributed by atoms with van der Waals surface area (Å²) in [4.78, 5) is 35.3. The van der Waals surface area contributed by atoms with Crippen LogP contribution >= 0.6 is 0 Å². The first kappa shape index (κ1) is 24.2. The number of rotatable bonds is 7. The number of fused-ring (bicyclic) bond motifs is 1. The molecule has 0 bridgehead atoms. The highest BCUT2D eigenvalue weighted by molar-refractivity contribution is 5.88. The van der Waals surface area contributed by atoms with Crippen molar-refractivity contribution in [1.82, 2.24) is 19.9 Å². The third-order valence-electron chi connectivity index (χ3n) is 6.22. The molecule has 5 N–H and O–H groups in total. The first-order chi connectivity index (χ1) is 16.8. The number of nitrogens with two attached hydrogens (primary N) is 1. The van der Waals surface area contributed by atoms with Crippen LogP contribution in [0.3, 0.4) is 0 Å². The van der Waals surface area contributed by atoms with Crippen molar-refractivity contribution < 1.29 is 9.63 Å². The van der Waals surface area contributed by atoms with Crippen LogP contribution in [0.4, 0.5) is 5.82 Å². The smallest absolute Gasteiger partial charge is 0.293 e. The largest absolute Gasteiger partial charge is 0.368 e. The van der Waals surface area contributed by atoms with Crippen LogP contribution in [0.5, 0.6) is 0 Å². The summed E-state index contributed by atoms with van der Waals surface area (Å²) in [5, 5.41) is 17.1. The number of guanidine groups is 1. The molecule has 0 saturated carbocycles. The second-order valence-electron chi connectivity index (χ2n) is 8.74. The van der Waals surface area contributed by atoms with Gasteiger partial charge in [-0.1, -0.05) is 36.4 Å². The number of aromatic nitrogens is 2. The van der Waals surface area contributed by atoms with Gasteiger partial charge in [-0.2, -0.15) is 0 Å². The Morgan fingerprint density at radius 1 is 1.23 bits per heavy atom. The van der Waals surface area contributed by atoms with Gasteiger partial charge in [0.25, 0.3) is 5.56 Å². The van der Waals surface area contributed by atoms with Crippen molar-refractivity contribution in [3.8, 4) is 0 Å². The number of nitrogens with zero attached hydrogens (tertiary/aromatic N) is 3. The molecule has 35 heavy (non-hydrogen) atoms. The lowest BCUT2D eigenvalue weighted by Crippen LogP contribution is -2.50. The number of hydroxylamine groups is 2. The van der Waals surface area contributed by atoms with Crippen LogP contribution in [0.15, 0.2) is 47.4 Å². The summed E-state index contributed by atoms with van der Waals surface area (Å²) in [6.45, 7) is 4.91. The summed E-state index contributed by atoms with van der Waals surface area (Å²) >= 11 is 0. The van der Waals surface area contributed by atoms with Gasteiger partial charge < -0.3 is 16.4 Å². The first-order valence-electron chi connectivity index (χ1n) is 11.6. The average molecular weight is 478 g/mol. The minimum Gasteiger partial charge on any atom is -0.368 e. The summed E-state index contributed by atoms with van der Waals surface area (Å²) in [6.07, 6.45) is 2.91. The van der Waals surface area contributed by atoms with Crippen molar-refractivity contribution >= 4 is 28.5 Å². The maximum absolute atomic E-state index is 13.0. The highest BCUT2D eigenvalue weighted by Crippen LogP contribution is 2.22. The van der Waals surface area contributed by atoms with Crippen molar-refractivity contribution in [2.45, 2.75) is 39.3 Å². The Morgan fingerprint density at radius 2 is 2.00 bits per heavy atom. The van der Waals surface area contributed by atoms with Gasteiger partial charge in [0, 0.05) is 18.4 Å². The van der Waals surface area contributed by atoms with Crippen LogP contribution in [0.25, 0.3) is 10.8 Å². The Hall–Kier alpha value is -3.92. The fourth-order valence-electron chi connectivity index (χ4n) is 4.26. The molecule has 184 valence electrons. The minimum atomic E-state index is -0.337. The lowest BCUT2D eigenvalue weighted by Gasteiger charge is -2.31. The van der Waals surface area contributed by atoms with Crippen LogP contribution in [-0.4, -0.2) is 52.2 Å². The molecule has 1 amide bonds. The molecule has 2 aromatic carbocycles. The van der Waals surface area contributed by atoms with Gasteiger partial charge in [0.05, 0.1) is 19.2 Å². The number of hydrogen-bond donors (Lipinski definition) is 4. The summed E-state index contributed by atoms with van der Waals surface area (Å²) in [7, 11) is 0. The fraction of sp³-hybridized carbons (Fsp3) is 0.360. The number of carbonyl (C=O) groups excluding carboxylic acids is 1. The van der Waals surface area contributed by atoms with E-state index in [0.29, 0.717) is 25.2 Å². The van der Waals surface area contributed by atoms with Gasteiger partial charge in [0.2, 0.25) is 11.9 Å². The van der Waals surface area contributed by atoms with Gasteiger partial charge in [-0.05, 0) is 48.6 Å². The van der Waals surface area contributed by atoms with Gasteiger partial charge in [-0.25, -0.2) is 10.0 Å². The zero-order valence-electron chi connectivity index (χ0n) is 20.0. The molecular formula is C25H31N7O3. The number of benzene rings is 2. The number of aryl methyl sites for hydroxylation is 2. The van der Waals surface area contributed by atoms with E-state index < -0.39 is 0 Å². The average Bonchev–Trinajstić information content (AvgIpc) is 2.85. The molecule has 0 aliphatic carbocycles. The van der Waals surface area contributed by atoms with Crippen LogP contribution in [0, 0.1) is 19.3 Å². The second-order valence-corrected chi connectivity index (χ2v) is 8.74. The molecule has 1 unspecified atom stereocenters. The van der Waals surface area contributed by atoms with E-state index in [-0.39, 0.29) is 42.4 Å². The number of anilines is 1. The maximum Gasteiger partial charge on any atom is 0.293 e. The Morgan fingerprint density at radius 3 is 2.71 bits per heavy atom. The summed E-state index contributed by atoms with van der Waals surface area (Å²) in [5.74, 6) is -0.231. The van der Waals surface area contributed by atoms with E-state index in [4.69, 9.17) is 16.0 Å². The van der Waals surface area contributed by atoms with E-state index in [1.165, 1.54) is 31.5 Å². The Kier molecular flexibility index (Phi) is 7.31. The fourth-order valence-corrected chi connectivity index (χ4v) is 4.26. The van der Waals surface area contributed by atoms with Crippen molar-refractivity contribution in [3.63, 3.8) is 0 Å². The highest BCUT2D eigenvalue weighted by Gasteiger charge is 2.23. The Balaban J connectivity index is 1.38. The quantitative estimate of drug-likeness (QED) is 0.300. The lowest BCUT2D eigenvalue weighted by molar-refractivity contribution is -0.143. The van der Waals surface area contributed by atoms with Gasteiger partial charge in [0.1, 0.15) is 6.54 Å². The maximum atomic E-state index is 13.0. The third-order valence-corrected chi connectivity index (χ3v) is 6.22. The first-order valence-corrected chi connectivity index (χ1v) is 11.6. The van der Waals surface area contributed by atoms with Crippen molar-refractivity contribution in [1.29, 1.82) is 5.41 Å². The van der Waals surface area contributed by atoms with E-state index in [1.807, 2.05) is 12.1 Å². The normalized spacial score (nSPS) is 15.7. The standard InChI is InChI=1S/C25H31N7O3/c1-16-7-8-18(21-6-4-3-5-20(16)21)9-11-28-23-24(34)31(17(2)13-29-23)14-22(33)30-19-10-12-32(25(26)27)35-15-19/h3-8,13,19H,9-12,14-15H2,1-2H3,(H3,26,27)(H,28,29)(H,30,33). The molecule has 2 heterocycles. The van der Waals surface area contributed by atoms with Crippen molar-refractivity contribution in [2.24, 2.45) is 5.73 Å². The lowest BCUT2D eigenvalue weighted by atomic mass is 9.98. The molecule has 10 heteroatoms. The van der Waals surface area contributed by atoms with Gasteiger partial charge in [0.15, 0.2) is 5.82 Å². The van der Waals surface area contributed by atoms with Gasteiger partial charge in [-0.15, -0.1) is 0 Å². The Labute approximate surface area is 203 Å². The molecule has 1 fully saturated rings. The molecular weight excluding hydrogens is 446 g/mol. The molecule has 1 aromatic heterocycles. The third kappa shape index (κ3) is 5.60. The van der Waals surface area contributed by atoms with Crippen LogP contribution in [-0.2, 0) is 22.6 Å². The van der Waals surface area contributed by atoms with E-state index >= 15 is 0 Å². The molecule has 1 aliphatic rings. The van der Waals surface area contributed by atoms with Crippen LogP contribution in [0.1, 0.15) is 23.2 Å². The molecule has 1 aliphatic heterocycles. The zero-order valence-corrected chi connectivity index (χ0v) is 20.0.